The Hall–Kier alpha value is -1.26. The lowest BCUT2D eigenvalue weighted by atomic mass is 10.00. The van der Waals surface area contributed by atoms with Crippen LogP contribution in [0, 0.1) is 11.6 Å². The van der Waals surface area contributed by atoms with Gasteiger partial charge in [0, 0.05) is 16.6 Å². The normalized spacial score (nSPS) is 12.4. The van der Waals surface area contributed by atoms with Crippen molar-refractivity contribution in [1.82, 2.24) is 0 Å². The maximum absolute atomic E-state index is 13.0. The van der Waals surface area contributed by atoms with E-state index < -0.39 is 11.6 Å². The molecule has 1 nitrogen and oxygen atoms in total. The van der Waals surface area contributed by atoms with E-state index in [-0.39, 0.29) is 6.04 Å². The van der Waals surface area contributed by atoms with Crippen LogP contribution < -0.4 is 5.73 Å². The summed E-state index contributed by atoms with van der Waals surface area (Å²) < 4.78 is 27.1. The molecule has 4 heteroatoms. The first-order chi connectivity index (χ1) is 8.54. The Balaban J connectivity index is 2.15. The minimum atomic E-state index is -0.576. The summed E-state index contributed by atoms with van der Waals surface area (Å²) in [6.45, 7) is 0. The van der Waals surface area contributed by atoms with Crippen molar-refractivity contribution in [2.24, 2.45) is 5.73 Å². The van der Waals surface area contributed by atoms with Gasteiger partial charge in [-0.25, -0.2) is 8.78 Å². The van der Waals surface area contributed by atoms with Crippen molar-refractivity contribution >= 4 is 15.9 Å². The highest BCUT2D eigenvalue weighted by Crippen LogP contribution is 2.19. The highest BCUT2D eigenvalue weighted by atomic mass is 79.9. The molecule has 0 aromatic heterocycles. The van der Waals surface area contributed by atoms with Gasteiger partial charge >= 0.3 is 0 Å². The zero-order valence-corrected chi connectivity index (χ0v) is 11.1. The fraction of sp³-hybridized carbons (Fsp3) is 0.143. The molecule has 0 saturated carbocycles. The second-order valence-corrected chi connectivity index (χ2v) is 5.06. The number of benzene rings is 2. The van der Waals surface area contributed by atoms with Crippen LogP contribution in [0.5, 0.6) is 0 Å². The highest BCUT2D eigenvalue weighted by molar-refractivity contribution is 9.10. The van der Waals surface area contributed by atoms with Crippen molar-refractivity contribution in [3.8, 4) is 0 Å². The van der Waals surface area contributed by atoms with Gasteiger partial charge in [0.15, 0.2) is 0 Å². The third kappa shape index (κ3) is 3.37. The molecule has 18 heavy (non-hydrogen) atoms. The molecule has 2 aromatic carbocycles. The molecule has 2 rings (SSSR count). The van der Waals surface area contributed by atoms with E-state index in [0.29, 0.717) is 12.0 Å². The van der Waals surface area contributed by atoms with E-state index in [9.17, 15) is 8.78 Å². The molecule has 0 aliphatic rings. The summed E-state index contributed by atoms with van der Waals surface area (Å²) in [5.74, 6) is -1.15. The summed E-state index contributed by atoms with van der Waals surface area (Å²) in [4.78, 5) is 0. The van der Waals surface area contributed by atoms with Crippen LogP contribution in [0.3, 0.4) is 0 Å². The van der Waals surface area contributed by atoms with Crippen molar-refractivity contribution in [3.05, 3.63) is 69.7 Å². The molecule has 0 bridgehead atoms. The molecule has 0 radical (unpaired) electrons. The highest BCUT2D eigenvalue weighted by Gasteiger charge is 2.09. The third-order valence-corrected chi connectivity index (χ3v) is 3.20. The van der Waals surface area contributed by atoms with Crippen molar-refractivity contribution in [3.63, 3.8) is 0 Å². The average Bonchev–Trinajstić information content (AvgIpc) is 2.28. The first-order valence-electron chi connectivity index (χ1n) is 5.50. The molecular weight excluding hydrogens is 300 g/mol. The number of hydrogen-bond acceptors (Lipinski definition) is 1. The summed E-state index contributed by atoms with van der Waals surface area (Å²) in [5, 5.41) is 0. The zero-order valence-electron chi connectivity index (χ0n) is 9.54. The van der Waals surface area contributed by atoms with Gasteiger partial charge in [-0.05, 0) is 41.8 Å². The molecule has 0 saturated heterocycles. The molecule has 0 aliphatic carbocycles. The predicted molar refractivity (Wildman–Crippen MR) is 71.1 cm³/mol. The van der Waals surface area contributed by atoms with Crippen LogP contribution in [-0.2, 0) is 6.42 Å². The molecule has 1 atom stereocenters. The molecule has 2 N–H and O–H groups in total. The van der Waals surface area contributed by atoms with Crippen LogP contribution in [0.1, 0.15) is 17.2 Å². The molecule has 0 heterocycles. The Labute approximate surface area is 113 Å². The quantitative estimate of drug-likeness (QED) is 0.912. The maximum atomic E-state index is 13.0. The molecule has 0 aliphatic heterocycles. The van der Waals surface area contributed by atoms with Crippen LogP contribution in [0.15, 0.2) is 46.9 Å². The first-order valence-corrected chi connectivity index (χ1v) is 6.30. The average molecular weight is 312 g/mol. The van der Waals surface area contributed by atoms with Gasteiger partial charge in [0.05, 0.1) is 0 Å². The van der Waals surface area contributed by atoms with Gasteiger partial charge in [-0.15, -0.1) is 0 Å². The fourth-order valence-electron chi connectivity index (χ4n) is 1.81. The first kappa shape index (κ1) is 13.2. The Morgan fingerprint density at radius 2 is 1.56 bits per heavy atom. The van der Waals surface area contributed by atoms with Crippen LogP contribution in [0.25, 0.3) is 0 Å². The Kier molecular flexibility index (Phi) is 4.09. The second kappa shape index (κ2) is 5.59. The second-order valence-electron chi connectivity index (χ2n) is 4.14. The van der Waals surface area contributed by atoms with Crippen LogP contribution >= 0.6 is 15.9 Å². The lowest BCUT2D eigenvalue weighted by molar-refractivity contribution is 0.576. The lowest BCUT2D eigenvalue weighted by Crippen LogP contribution is -2.13. The van der Waals surface area contributed by atoms with Crippen LogP contribution in [-0.4, -0.2) is 0 Å². The minimum absolute atomic E-state index is 0.278. The fourth-order valence-corrected chi connectivity index (χ4v) is 2.07. The zero-order chi connectivity index (χ0) is 13.1. The standard InChI is InChI=1S/C14H12BrF2N/c15-11-3-1-10(2-4-11)14(18)7-9-5-12(16)8-13(17)6-9/h1-6,8,14H,7,18H2. The number of hydrogen-bond donors (Lipinski definition) is 1. The van der Waals surface area contributed by atoms with Gasteiger partial charge in [-0.3, -0.25) is 0 Å². The van der Waals surface area contributed by atoms with E-state index in [0.717, 1.165) is 16.1 Å². The summed E-state index contributed by atoms with van der Waals surface area (Å²) >= 11 is 3.34. The van der Waals surface area contributed by atoms with Gasteiger partial charge in [-0.2, -0.15) is 0 Å². The van der Waals surface area contributed by atoms with Crippen LogP contribution in [0.2, 0.25) is 0 Å². The van der Waals surface area contributed by atoms with E-state index in [1.807, 2.05) is 24.3 Å². The van der Waals surface area contributed by atoms with E-state index in [1.165, 1.54) is 12.1 Å². The van der Waals surface area contributed by atoms with E-state index in [2.05, 4.69) is 15.9 Å². The van der Waals surface area contributed by atoms with Gasteiger partial charge in [-0.1, -0.05) is 28.1 Å². The van der Waals surface area contributed by atoms with Gasteiger partial charge in [0.2, 0.25) is 0 Å². The third-order valence-electron chi connectivity index (χ3n) is 2.68. The molecule has 0 spiro atoms. The number of rotatable bonds is 3. The molecule has 1 unspecified atom stereocenters. The van der Waals surface area contributed by atoms with Gasteiger partial charge in [0.1, 0.15) is 11.6 Å². The molecule has 94 valence electrons. The summed E-state index contributed by atoms with van der Waals surface area (Å²) in [6, 6.07) is 10.8. The van der Waals surface area contributed by atoms with E-state index >= 15 is 0 Å². The van der Waals surface area contributed by atoms with Gasteiger partial charge < -0.3 is 5.73 Å². The molecule has 0 fully saturated rings. The predicted octanol–water partition coefficient (Wildman–Crippen LogP) is 3.97. The Bertz CT molecular complexity index is 520. The van der Waals surface area contributed by atoms with Crippen molar-refractivity contribution < 1.29 is 8.78 Å². The lowest BCUT2D eigenvalue weighted by Gasteiger charge is -2.12. The van der Waals surface area contributed by atoms with Crippen molar-refractivity contribution in [2.45, 2.75) is 12.5 Å². The maximum Gasteiger partial charge on any atom is 0.126 e. The topological polar surface area (TPSA) is 26.0 Å². The summed E-state index contributed by atoms with van der Waals surface area (Å²) in [6.07, 6.45) is 0.399. The Morgan fingerprint density at radius 1 is 1.00 bits per heavy atom. The van der Waals surface area contributed by atoms with Gasteiger partial charge in [0.25, 0.3) is 0 Å². The van der Waals surface area contributed by atoms with Crippen molar-refractivity contribution in [2.75, 3.05) is 0 Å². The molecular formula is C14H12BrF2N. The Morgan fingerprint density at radius 3 is 2.11 bits per heavy atom. The monoisotopic (exact) mass is 311 g/mol. The summed E-state index contributed by atoms with van der Waals surface area (Å²) in [5.41, 5.74) is 7.51. The number of nitrogens with two attached hydrogens (primary N) is 1. The van der Waals surface area contributed by atoms with Crippen molar-refractivity contribution in [1.29, 1.82) is 0 Å². The SMILES string of the molecule is NC(Cc1cc(F)cc(F)c1)c1ccc(Br)cc1. The largest absolute Gasteiger partial charge is 0.324 e. The minimum Gasteiger partial charge on any atom is -0.324 e. The summed E-state index contributed by atoms with van der Waals surface area (Å²) in [7, 11) is 0. The smallest absolute Gasteiger partial charge is 0.126 e. The van der Waals surface area contributed by atoms with E-state index in [1.54, 1.807) is 0 Å². The molecule has 0 amide bonds. The molecule has 2 aromatic rings. The van der Waals surface area contributed by atoms with E-state index in [4.69, 9.17) is 5.73 Å². The van der Waals surface area contributed by atoms with Crippen LogP contribution in [0.4, 0.5) is 8.78 Å². The number of halogens is 3.